The summed E-state index contributed by atoms with van der Waals surface area (Å²) < 4.78 is 15.1. The number of nitrogens with zero attached hydrogens (tertiary/aromatic N) is 2. The fourth-order valence-electron chi connectivity index (χ4n) is 3.08. The Bertz CT molecular complexity index is 1220. The number of Topliss-reactive ketones (excluding diaryl/α,β-unsaturated/α-hetero) is 1. The summed E-state index contributed by atoms with van der Waals surface area (Å²) in [6, 6.07) is 5.29. The minimum absolute atomic E-state index is 0.0781. The Kier molecular flexibility index (Phi) is 7.33. The van der Waals surface area contributed by atoms with Gasteiger partial charge < -0.3 is 15.2 Å². The van der Waals surface area contributed by atoms with Crippen LogP contribution in [0.4, 0.5) is 10.1 Å². The van der Waals surface area contributed by atoms with Crippen LogP contribution in [0.5, 0.6) is 0 Å². The van der Waals surface area contributed by atoms with E-state index in [1.807, 2.05) is 0 Å². The number of benzene rings is 1. The maximum Gasteiger partial charge on any atom is 0.293 e. The Morgan fingerprint density at radius 3 is 2.58 bits per heavy atom. The van der Waals surface area contributed by atoms with Gasteiger partial charge in [-0.15, -0.1) is 12.3 Å². The number of terminal acetylenes is 1. The van der Waals surface area contributed by atoms with Gasteiger partial charge in [-0.2, -0.15) is 5.26 Å². The van der Waals surface area contributed by atoms with Crippen LogP contribution in [0.25, 0.3) is 0 Å². The largest absolute Gasteiger partial charge is 0.338 e. The Hall–Kier alpha value is -4.35. The van der Waals surface area contributed by atoms with Crippen LogP contribution in [0.1, 0.15) is 44.6 Å². The summed E-state index contributed by atoms with van der Waals surface area (Å²) in [5.41, 5.74) is 0.859. The third kappa shape index (κ3) is 4.80. The lowest BCUT2D eigenvalue weighted by Crippen LogP contribution is -2.31. The third-order valence-corrected chi connectivity index (χ3v) is 4.52. The molecule has 2 aromatic rings. The molecule has 156 valence electrons. The minimum atomic E-state index is -0.882. The number of carbonyl (C=O) groups is 3. The van der Waals surface area contributed by atoms with Gasteiger partial charge in [-0.25, -0.2) is 4.39 Å². The first-order valence-corrected chi connectivity index (χ1v) is 9.13. The van der Waals surface area contributed by atoms with Crippen molar-refractivity contribution in [3.63, 3.8) is 0 Å². The van der Waals surface area contributed by atoms with E-state index < -0.39 is 23.4 Å². The molecule has 0 radical (unpaired) electrons. The SMILES string of the molecule is C#CCNC(=O)C(=O)c1c(C)c(C(=O)Nc2ccc(F)c(C#N)c2)n(CC#CC)c1C. The molecule has 0 spiro atoms. The first-order chi connectivity index (χ1) is 14.8. The monoisotopic (exact) mass is 418 g/mol. The number of nitrogens with one attached hydrogen (secondary N) is 2. The number of nitriles is 1. The summed E-state index contributed by atoms with van der Waals surface area (Å²) in [6.45, 7) is 4.79. The van der Waals surface area contributed by atoms with Crippen molar-refractivity contribution in [1.82, 2.24) is 9.88 Å². The standard InChI is InChI=1S/C23H19FN4O3/c1-5-7-11-28-15(4)19(21(29)23(31)26-10-6-2)14(3)20(28)22(30)27-17-8-9-18(24)16(12-17)13-25/h2,8-9,12H,10-11H2,1,3-4H3,(H,26,31)(H,27,30). The van der Waals surface area contributed by atoms with Gasteiger partial charge in [0.2, 0.25) is 0 Å². The molecule has 2 N–H and O–H groups in total. The van der Waals surface area contributed by atoms with E-state index in [-0.39, 0.29) is 41.2 Å². The van der Waals surface area contributed by atoms with Crippen LogP contribution in [0, 0.1) is 55.2 Å². The highest BCUT2D eigenvalue weighted by Gasteiger charge is 2.29. The van der Waals surface area contributed by atoms with Gasteiger partial charge in [0.15, 0.2) is 0 Å². The Labute approximate surface area is 179 Å². The van der Waals surface area contributed by atoms with E-state index in [0.717, 1.165) is 6.07 Å². The average molecular weight is 418 g/mol. The van der Waals surface area contributed by atoms with Crippen molar-refractivity contribution in [2.75, 3.05) is 11.9 Å². The lowest BCUT2D eigenvalue weighted by atomic mass is 10.0. The van der Waals surface area contributed by atoms with Gasteiger partial charge in [0.25, 0.3) is 17.6 Å². The molecule has 0 aliphatic rings. The molecule has 0 atom stereocenters. The smallest absolute Gasteiger partial charge is 0.293 e. The van der Waals surface area contributed by atoms with Gasteiger partial charge in [0.05, 0.1) is 24.2 Å². The lowest BCUT2D eigenvalue weighted by Gasteiger charge is -2.10. The van der Waals surface area contributed by atoms with E-state index in [9.17, 15) is 18.8 Å². The minimum Gasteiger partial charge on any atom is -0.338 e. The molecule has 1 aromatic carbocycles. The first-order valence-electron chi connectivity index (χ1n) is 9.13. The Morgan fingerprint density at radius 1 is 1.26 bits per heavy atom. The van der Waals surface area contributed by atoms with E-state index in [0.29, 0.717) is 5.69 Å². The van der Waals surface area contributed by atoms with Crippen molar-refractivity contribution in [3.8, 4) is 30.3 Å². The molecule has 1 aromatic heterocycles. The van der Waals surface area contributed by atoms with E-state index in [4.69, 9.17) is 11.7 Å². The second-order valence-electron chi connectivity index (χ2n) is 6.42. The van der Waals surface area contributed by atoms with Gasteiger partial charge in [0, 0.05) is 11.4 Å². The van der Waals surface area contributed by atoms with E-state index in [1.54, 1.807) is 26.8 Å². The second-order valence-corrected chi connectivity index (χ2v) is 6.42. The zero-order valence-electron chi connectivity index (χ0n) is 17.2. The van der Waals surface area contributed by atoms with Gasteiger partial charge in [-0.3, -0.25) is 14.4 Å². The van der Waals surface area contributed by atoms with Crippen molar-refractivity contribution < 1.29 is 18.8 Å². The molecule has 2 amide bonds. The molecule has 7 nitrogen and oxygen atoms in total. The van der Waals surface area contributed by atoms with Crippen molar-refractivity contribution in [3.05, 3.63) is 52.1 Å². The quantitative estimate of drug-likeness (QED) is 0.427. The van der Waals surface area contributed by atoms with Gasteiger partial charge in [-0.05, 0) is 44.5 Å². The molecule has 0 bridgehead atoms. The summed E-state index contributed by atoms with van der Waals surface area (Å²) in [5, 5.41) is 13.9. The van der Waals surface area contributed by atoms with Crippen LogP contribution in [0.15, 0.2) is 18.2 Å². The van der Waals surface area contributed by atoms with Crippen LogP contribution >= 0.6 is 0 Å². The Morgan fingerprint density at radius 2 is 1.97 bits per heavy atom. The highest BCUT2D eigenvalue weighted by atomic mass is 19.1. The summed E-state index contributed by atoms with van der Waals surface area (Å²) in [4.78, 5) is 37.9. The zero-order valence-corrected chi connectivity index (χ0v) is 17.2. The van der Waals surface area contributed by atoms with Crippen LogP contribution in [0.2, 0.25) is 0 Å². The first kappa shape index (κ1) is 22.9. The van der Waals surface area contributed by atoms with Crippen LogP contribution < -0.4 is 10.6 Å². The number of halogens is 1. The number of hydrogen-bond acceptors (Lipinski definition) is 4. The number of amides is 2. The van der Waals surface area contributed by atoms with E-state index >= 15 is 0 Å². The number of anilines is 1. The van der Waals surface area contributed by atoms with E-state index in [1.165, 1.54) is 16.7 Å². The molecule has 31 heavy (non-hydrogen) atoms. The van der Waals surface area contributed by atoms with Gasteiger partial charge >= 0.3 is 0 Å². The van der Waals surface area contributed by atoms with Crippen molar-refractivity contribution >= 4 is 23.3 Å². The van der Waals surface area contributed by atoms with Gasteiger partial charge in [-0.1, -0.05) is 11.8 Å². The highest BCUT2D eigenvalue weighted by molar-refractivity contribution is 6.43. The Balaban J connectivity index is 2.52. The summed E-state index contributed by atoms with van der Waals surface area (Å²) in [7, 11) is 0. The van der Waals surface area contributed by atoms with Crippen molar-refractivity contribution in [2.24, 2.45) is 0 Å². The molecule has 2 rings (SSSR count). The maximum atomic E-state index is 13.6. The van der Waals surface area contributed by atoms with Gasteiger partial charge in [0.1, 0.15) is 17.6 Å². The molecule has 8 heteroatoms. The second kappa shape index (κ2) is 9.91. The predicted octanol–water partition coefficient (Wildman–Crippen LogP) is 2.32. The van der Waals surface area contributed by atoms with Crippen LogP contribution in [0.3, 0.4) is 0 Å². The number of carbonyl (C=O) groups excluding carboxylic acids is 3. The number of hydrogen-bond donors (Lipinski definition) is 2. The molecule has 0 unspecified atom stereocenters. The summed E-state index contributed by atoms with van der Waals surface area (Å²) in [5.74, 6) is 4.76. The average Bonchev–Trinajstić information content (AvgIpc) is 3.00. The fraction of sp³-hybridized carbons (Fsp3) is 0.217. The molecule has 0 aliphatic carbocycles. The molecule has 0 saturated heterocycles. The van der Waals surface area contributed by atoms with Crippen molar-refractivity contribution in [2.45, 2.75) is 27.3 Å². The molecule has 0 fully saturated rings. The van der Waals surface area contributed by atoms with E-state index in [2.05, 4.69) is 28.4 Å². The highest BCUT2D eigenvalue weighted by Crippen LogP contribution is 2.24. The maximum absolute atomic E-state index is 13.6. The predicted molar refractivity (Wildman–Crippen MR) is 113 cm³/mol. The van der Waals surface area contributed by atoms with Crippen LogP contribution in [-0.2, 0) is 11.3 Å². The third-order valence-electron chi connectivity index (χ3n) is 4.52. The summed E-state index contributed by atoms with van der Waals surface area (Å²) in [6.07, 6.45) is 5.11. The number of ketones is 1. The molecular formula is C23H19FN4O3. The number of aromatic nitrogens is 1. The molecular weight excluding hydrogens is 399 g/mol. The fourth-order valence-corrected chi connectivity index (χ4v) is 3.08. The molecule has 0 saturated carbocycles. The molecule has 1 heterocycles. The molecule has 0 aliphatic heterocycles. The normalized spacial score (nSPS) is 9.61. The number of rotatable bonds is 6. The summed E-state index contributed by atoms with van der Waals surface area (Å²) >= 11 is 0. The zero-order chi connectivity index (χ0) is 23.1. The topological polar surface area (TPSA) is 104 Å². The van der Waals surface area contributed by atoms with Crippen molar-refractivity contribution in [1.29, 1.82) is 5.26 Å². The van der Waals surface area contributed by atoms with Crippen LogP contribution in [-0.4, -0.2) is 28.7 Å². The lowest BCUT2D eigenvalue weighted by molar-refractivity contribution is -0.116.